The highest BCUT2D eigenvalue weighted by atomic mass is 32.2. The molecule has 0 bridgehead atoms. The molecule has 6 heteroatoms. The predicted molar refractivity (Wildman–Crippen MR) is 88.0 cm³/mol. The van der Waals surface area contributed by atoms with Crippen molar-refractivity contribution in [3.63, 3.8) is 0 Å². The molecule has 0 spiro atoms. The number of ether oxygens (including phenoxy) is 1. The van der Waals surface area contributed by atoms with Gasteiger partial charge in [0.15, 0.2) is 0 Å². The monoisotopic (exact) mass is 337 g/mol. The third-order valence-electron chi connectivity index (χ3n) is 3.55. The summed E-state index contributed by atoms with van der Waals surface area (Å²) < 4.78 is 45.4. The van der Waals surface area contributed by atoms with Crippen molar-refractivity contribution in [1.82, 2.24) is 4.72 Å². The van der Waals surface area contributed by atoms with Gasteiger partial charge in [0.25, 0.3) is 0 Å². The molecule has 0 amide bonds. The Hall–Kier alpha value is -1.76. The molecule has 1 unspecified atom stereocenters. The van der Waals surface area contributed by atoms with Crippen molar-refractivity contribution in [1.29, 1.82) is 0 Å². The molecule has 0 aromatic heterocycles. The van der Waals surface area contributed by atoms with E-state index in [1.165, 1.54) is 25.3 Å². The first-order valence-electron chi connectivity index (χ1n) is 7.21. The minimum atomic E-state index is -3.57. The zero-order valence-corrected chi connectivity index (χ0v) is 13.9. The number of halogens is 1. The standard InChI is InChI=1S/C17H20FNO3S/c1-13-6-3-4-9-16(13)17(22-2)11-19-23(20,21)12-14-7-5-8-15(18)10-14/h3-10,17,19H,11-12H2,1-2H3. The van der Waals surface area contributed by atoms with E-state index in [1.807, 2.05) is 31.2 Å². The van der Waals surface area contributed by atoms with Gasteiger partial charge in [0.05, 0.1) is 11.9 Å². The second kappa shape index (κ2) is 7.68. The molecule has 4 nitrogen and oxygen atoms in total. The maximum absolute atomic E-state index is 13.1. The highest BCUT2D eigenvalue weighted by Gasteiger charge is 2.18. The van der Waals surface area contributed by atoms with Crippen molar-refractivity contribution in [2.75, 3.05) is 13.7 Å². The molecule has 0 saturated heterocycles. The Morgan fingerprint density at radius 2 is 1.91 bits per heavy atom. The lowest BCUT2D eigenvalue weighted by molar-refractivity contribution is 0.107. The summed E-state index contributed by atoms with van der Waals surface area (Å²) >= 11 is 0. The van der Waals surface area contributed by atoms with Crippen LogP contribution in [-0.4, -0.2) is 22.1 Å². The maximum Gasteiger partial charge on any atom is 0.215 e. The smallest absolute Gasteiger partial charge is 0.215 e. The molecule has 0 aliphatic carbocycles. The van der Waals surface area contributed by atoms with E-state index in [2.05, 4.69) is 4.72 Å². The minimum absolute atomic E-state index is 0.124. The van der Waals surface area contributed by atoms with Gasteiger partial charge in [0.2, 0.25) is 10.0 Å². The third kappa shape index (κ3) is 5.13. The number of methoxy groups -OCH3 is 1. The van der Waals surface area contributed by atoms with Crippen molar-refractivity contribution in [3.05, 3.63) is 71.0 Å². The van der Waals surface area contributed by atoms with Crippen LogP contribution in [0, 0.1) is 12.7 Å². The summed E-state index contributed by atoms with van der Waals surface area (Å²) in [7, 11) is -2.03. The number of rotatable bonds is 7. The van der Waals surface area contributed by atoms with E-state index in [0.29, 0.717) is 5.56 Å². The Bertz CT molecular complexity index is 762. The van der Waals surface area contributed by atoms with Crippen LogP contribution in [0.15, 0.2) is 48.5 Å². The van der Waals surface area contributed by atoms with E-state index in [9.17, 15) is 12.8 Å². The molecular weight excluding hydrogens is 317 g/mol. The molecular formula is C17H20FNO3S. The zero-order chi connectivity index (χ0) is 16.9. The summed E-state index contributed by atoms with van der Waals surface area (Å²) in [5, 5.41) is 0. The molecule has 2 aromatic rings. The number of hydrogen-bond acceptors (Lipinski definition) is 3. The first-order chi connectivity index (χ1) is 10.9. The van der Waals surface area contributed by atoms with Gasteiger partial charge in [-0.05, 0) is 35.7 Å². The van der Waals surface area contributed by atoms with Gasteiger partial charge in [0.1, 0.15) is 5.82 Å². The highest BCUT2D eigenvalue weighted by Crippen LogP contribution is 2.20. The van der Waals surface area contributed by atoms with Gasteiger partial charge in [-0.2, -0.15) is 0 Å². The van der Waals surface area contributed by atoms with Crippen LogP contribution in [0.5, 0.6) is 0 Å². The van der Waals surface area contributed by atoms with E-state index in [4.69, 9.17) is 4.74 Å². The average molecular weight is 337 g/mol. The molecule has 124 valence electrons. The van der Waals surface area contributed by atoms with Crippen LogP contribution in [0.2, 0.25) is 0 Å². The van der Waals surface area contributed by atoms with Gasteiger partial charge in [-0.3, -0.25) is 0 Å². The van der Waals surface area contributed by atoms with Gasteiger partial charge in [-0.15, -0.1) is 0 Å². The third-order valence-corrected chi connectivity index (χ3v) is 4.87. The summed E-state index contributed by atoms with van der Waals surface area (Å²) in [6, 6.07) is 13.2. The number of nitrogens with one attached hydrogen (secondary N) is 1. The zero-order valence-electron chi connectivity index (χ0n) is 13.1. The maximum atomic E-state index is 13.1. The largest absolute Gasteiger partial charge is 0.375 e. The van der Waals surface area contributed by atoms with Gasteiger partial charge < -0.3 is 4.74 Å². The first kappa shape index (κ1) is 17.6. The van der Waals surface area contributed by atoms with E-state index in [0.717, 1.165) is 11.1 Å². The molecule has 1 atom stereocenters. The molecule has 0 saturated carbocycles. The lowest BCUT2D eigenvalue weighted by atomic mass is 10.0. The van der Waals surface area contributed by atoms with Crippen LogP contribution < -0.4 is 4.72 Å². The van der Waals surface area contributed by atoms with Crippen LogP contribution >= 0.6 is 0 Å². The SMILES string of the molecule is COC(CNS(=O)(=O)Cc1cccc(F)c1)c1ccccc1C. The van der Waals surface area contributed by atoms with Crippen LogP contribution in [-0.2, 0) is 20.5 Å². The quantitative estimate of drug-likeness (QED) is 0.845. The van der Waals surface area contributed by atoms with Crippen LogP contribution in [0.25, 0.3) is 0 Å². The first-order valence-corrected chi connectivity index (χ1v) is 8.86. The summed E-state index contributed by atoms with van der Waals surface area (Å²) in [6.07, 6.45) is -0.376. The van der Waals surface area contributed by atoms with E-state index >= 15 is 0 Å². The fourth-order valence-corrected chi connectivity index (χ4v) is 3.49. The molecule has 23 heavy (non-hydrogen) atoms. The fourth-order valence-electron chi connectivity index (χ4n) is 2.37. The normalized spacial score (nSPS) is 13.0. The predicted octanol–water partition coefficient (Wildman–Crippen LogP) is 2.94. The lowest BCUT2D eigenvalue weighted by Gasteiger charge is -2.18. The Labute approximate surface area is 136 Å². The summed E-state index contributed by atoms with van der Waals surface area (Å²) in [6.45, 7) is 2.07. The van der Waals surface area contributed by atoms with Gasteiger partial charge in [0, 0.05) is 13.7 Å². The van der Waals surface area contributed by atoms with E-state index in [-0.39, 0.29) is 18.4 Å². The van der Waals surface area contributed by atoms with Crippen molar-refractivity contribution in [2.45, 2.75) is 18.8 Å². The number of sulfonamides is 1. The molecule has 1 N–H and O–H groups in total. The van der Waals surface area contributed by atoms with Crippen LogP contribution in [0.4, 0.5) is 4.39 Å². The Morgan fingerprint density at radius 3 is 2.57 bits per heavy atom. The van der Waals surface area contributed by atoms with Crippen molar-refractivity contribution in [3.8, 4) is 0 Å². The fraction of sp³-hybridized carbons (Fsp3) is 0.294. The Kier molecular flexibility index (Phi) is 5.87. The Morgan fingerprint density at radius 1 is 1.17 bits per heavy atom. The lowest BCUT2D eigenvalue weighted by Crippen LogP contribution is -2.30. The number of benzene rings is 2. The van der Waals surface area contributed by atoms with Gasteiger partial charge >= 0.3 is 0 Å². The second-order valence-electron chi connectivity index (χ2n) is 5.32. The summed E-state index contributed by atoms with van der Waals surface area (Å²) in [4.78, 5) is 0. The number of hydrogen-bond donors (Lipinski definition) is 1. The molecule has 0 aliphatic rings. The van der Waals surface area contributed by atoms with Gasteiger partial charge in [-0.1, -0.05) is 36.4 Å². The topological polar surface area (TPSA) is 55.4 Å². The molecule has 0 fully saturated rings. The Balaban J connectivity index is 2.04. The van der Waals surface area contributed by atoms with Crippen molar-refractivity contribution >= 4 is 10.0 Å². The summed E-state index contributed by atoms with van der Waals surface area (Å²) in [5.74, 6) is -0.720. The van der Waals surface area contributed by atoms with E-state index in [1.54, 1.807) is 6.07 Å². The number of aryl methyl sites for hydroxylation is 1. The molecule has 0 aliphatic heterocycles. The molecule has 0 radical (unpaired) electrons. The molecule has 2 rings (SSSR count). The summed E-state index contributed by atoms with van der Waals surface area (Å²) in [5.41, 5.74) is 2.37. The minimum Gasteiger partial charge on any atom is -0.375 e. The molecule has 0 heterocycles. The highest BCUT2D eigenvalue weighted by molar-refractivity contribution is 7.88. The average Bonchev–Trinajstić information content (AvgIpc) is 2.49. The molecule has 2 aromatic carbocycles. The van der Waals surface area contributed by atoms with E-state index < -0.39 is 15.8 Å². The van der Waals surface area contributed by atoms with Crippen molar-refractivity contribution < 1.29 is 17.5 Å². The van der Waals surface area contributed by atoms with Crippen LogP contribution in [0.3, 0.4) is 0 Å². The van der Waals surface area contributed by atoms with Crippen LogP contribution in [0.1, 0.15) is 22.8 Å². The van der Waals surface area contributed by atoms with Gasteiger partial charge in [-0.25, -0.2) is 17.5 Å². The second-order valence-corrected chi connectivity index (χ2v) is 7.13. The van der Waals surface area contributed by atoms with Crippen molar-refractivity contribution in [2.24, 2.45) is 0 Å².